The second-order valence-electron chi connectivity index (χ2n) is 4.05. The standard InChI is InChI=1S/C13H15BrFNO/c1-3-4-8-9-5-10(14)11(15)6-12(9)17-13(8)7-16-2/h5-6,16H,3-4,7H2,1-2H3. The molecule has 0 fully saturated rings. The lowest BCUT2D eigenvalue weighted by Gasteiger charge is -2.00. The van der Waals surface area contributed by atoms with Crippen LogP contribution in [0.15, 0.2) is 21.0 Å². The first-order valence-electron chi connectivity index (χ1n) is 5.71. The molecule has 2 rings (SSSR count). The Hall–Kier alpha value is -0.870. The van der Waals surface area contributed by atoms with Crippen molar-refractivity contribution in [3.8, 4) is 0 Å². The zero-order chi connectivity index (χ0) is 12.4. The first kappa shape index (κ1) is 12.6. The molecular weight excluding hydrogens is 285 g/mol. The summed E-state index contributed by atoms with van der Waals surface area (Å²) in [5, 5.41) is 4.08. The third-order valence-electron chi connectivity index (χ3n) is 2.75. The molecule has 1 heterocycles. The Morgan fingerprint density at radius 3 is 2.82 bits per heavy atom. The molecule has 0 saturated heterocycles. The molecule has 17 heavy (non-hydrogen) atoms. The molecule has 2 nitrogen and oxygen atoms in total. The predicted octanol–water partition coefficient (Wildman–Crippen LogP) is 4.01. The van der Waals surface area contributed by atoms with Crippen molar-refractivity contribution >= 4 is 26.9 Å². The number of benzene rings is 1. The topological polar surface area (TPSA) is 25.2 Å². The molecule has 0 bridgehead atoms. The van der Waals surface area contributed by atoms with Gasteiger partial charge in [-0.2, -0.15) is 0 Å². The second-order valence-corrected chi connectivity index (χ2v) is 4.90. The van der Waals surface area contributed by atoms with E-state index in [2.05, 4.69) is 28.2 Å². The van der Waals surface area contributed by atoms with Crippen molar-refractivity contribution < 1.29 is 8.81 Å². The first-order chi connectivity index (χ1) is 8.17. The van der Waals surface area contributed by atoms with Gasteiger partial charge in [-0.15, -0.1) is 0 Å². The maximum absolute atomic E-state index is 13.4. The lowest BCUT2D eigenvalue weighted by Crippen LogP contribution is -2.05. The summed E-state index contributed by atoms with van der Waals surface area (Å²) >= 11 is 3.22. The van der Waals surface area contributed by atoms with Gasteiger partial charge in [-0.1, -0.05) is 13.3 Å². The minimum Gasteiger partial charge on any atom is -0.459 e. The molecule has 0 unspecified atom stereocenters. The molecule has 2 aromatic rings. The van der Waals surface area contributed by atoms with Crippen LogP contribution in [-0.4, -0.2) is 7.05 Å². The first-order valence-corrected chi connectivity index (χ1v) is 6.50. The summed E-state index contributed by atoms with van der Waals surface area (Å²) < 4.78 is 19.6. The summed E-state index contributed by atoms with van der Waals surface area (Å²) in [6.07, 6.45) is 1.99. The van der Waals surface area contributed by atoms with Crippen molar-refractivity contribution in [2.75, 3.05) is 7.05 Å². The SMILES string of the molecule is CCCc1c(CNC)oc2cc(F)c(Br)cc12. The van der Waals surface area contributed by atoms with E-state index >= 15 is 0 Å². The average molecular weight is 300 g/mol. The van der Waals surface area contributed by atoms with Crippen LogP contribution >= 0.6 is 15.9 Å². The van der Waals surface area contributed by atoms with E-state index < -0.39 is 0 Å². The maximum Gasteiger partial charge on any atom is 0.141 e. The lowest BCUT2D eigenvalue weighted by molar-refractivity contribution is 0.520. The number of halogens is 2. The largest absolute Gasteiger partial charge is 0.459 e. The van der Waals surface area contributed by atoms with Crippen molar-refractivity contribution in [3.05, 3.63) is 33.7 Å². The minimum atomic E-state index is -0.287. The Morgan fingerprint density at radius 1 is 1.41 bits per heavy atom. The van der Waals surface area contributed by atoms with Gasteiger partial charge in [0.25, 0.3) is 0 Å². The second kappa shape index (κ2) is 5.19. The molecule has 0 saturated carbocycles. The van der Waals surface area contributed by atoms with Crippen LogP contribution in [0.5, 0.6) is 0 Å². The van der Waals surface area contributed by atoms with Crippen molar-refractivity contribution in [1.82, 2.24) is 5.32 Å². The van der Waals surface area contributed by atoms with E-state index in [4.69, 9.17) is 4.42 Å². The maximum atomic E-state index is 13.4. The van der Waals surface area contributed by atoms with E-state index in [1.807, 2.05) is 7.05 Å². The number of hydrogen-bond donors (Lipinski definition) is 1. The van der Waals surface area contributed by atoms with Gasteiger partial charge in [0.1, 0.15) is 17.2 Å². The van der Waals surface area contributed by atoms with E-state index in [-0.39, 0.29) is 5.82 Å². The van der Waals surface area contributed by atoms with Crippen LogP contribution in [0.25, 0.3) is 11.0 Å². The van der Waals surface area contributed by atoms with Gasteiger partial charge in [0.2, 0.25) is 0 Å². The molecule has 0 amide bonds. The number of nitrogens with one attached hydrogen (secondary N) is 1. The highest BCUT2D eigenvalue weighted by Gasteiger charge is 2.15. The van der Waals surface area contributed by atoms with E-state index in [0.717, 1.165) is 24.0 Å². The Kier molecular flexibility index (Phi) is 3.84. The molecule has 0 radical (unpaired) electrons. The Morgan fingerprint density at radius 2 is 2.18 bits per heavy atom. The smallest absolute Gasteiger partial charge is 0.141 e. The summed E-state index contributed by atoms with van der Waals surface area (Å²) in [6.45, 7) is 2.80. The van der Waals surface area contributed by atoms with Gasteiger partial charge in [0, 0.05) is 17.0 Å². The number of hydrogen-bond acceptors (Lipinski definition) is 2. The fraction of sp³-hybridized carbons (Fsp3) is 0.385. The molecule has 1 aromatic heterocycles. The molecule has 1 aromatic carbocycles. The van der Waals surface area contributed by atoms with E-state index in [9.17, 15) is 4.39 Å². The normalized spacial score (nSPS) is 11.3. The van der Waals surface area contributed by atoms with E-state index in [0.29, 0.717) is 16.6 Å². The molecule has 4 heteroatoms. The average Bonchev–Trinajstić information content (AvgIpc) is 2.59. The third kappa shape index (κ3) is 2.38. The summed E-state index contributed by atoms with van der Waals surface area (Å²) in [4.78, 5) is 0. The van der Waals surface area contributed by atoms with Gasteiger partial charge in [-0.25, -0.2) is 4.39 Å². The van der Waals surface area contributed by atoms with Gasteiger partial charge in [0.05, 0.1) is 11.0 Å². The monoisotopic (exact) mass is 299 g/mol. The van der Waals surface area contributed by atoms with Crippen LogP contribution in [0.2, 0.25) is 0 Å². The quantitative estimate of drug-likeness (QED) is 0.923. The molecule has 0 aliphatic rings. The summed E-state index contributed by atoms with van der Waals surface area (Å²) in [6, 6.07) is 3.25. The summed E-state index contributed by atoms with van der Waals surface area (Å²) in [7, 11) is 1.87. The van der Waals surface area contributed by atoms with Crippen LogP contribution in [0.4, 0.5) is 4.39 Å². The van der Waals surface area contributed by atoms with Crippen LogP contribution in [0.3, 0.4) is 0 Å². The van der Waals surface area contributed by atoms with Gasteiger partial charge in [0.15, 0.2) is 0 Å². The number of fused-ring (bicyclic) bond motifs is 1. The lowest BCUT2D eigenvalue weighted by atomic mass is 10.1. The summed E-state index contributed by atoms with van der Waals surface area (Å²) in [5.41, 5.74) is 1.80. The van der Waals surface area contributed by atoms with Gasteiger partial charge >= 0.3 is 0 Å². The van der Waals surface area contributed by atoms with Gasteiger partial charge < -0.3 is 9.73 Å². The van der Waals surface area contributed by atoms with Gasteiger partial charge in [-0.05, 0) is 35.5 Å². The zero-order valence-electron chi connectivity index (χ0n) is 9.94. The van der Waals surface area contributed by atoms with Crippen molar-refractivity contribution in [2.24, 2.45) is 0 Å². The van der Waals surface area contributed by atoms with Gasteiger partial charge in [-0.3, -0.25) is 0 Å². The van der Waals surface area contributed by atoms with E-state index in [1.54, 1.807) is 6.07 Å². The summed E-state index contributed by atoms with van der Waals surface area (Å²) in [5.74, 6) is 0.618. The highest BCUT2D eigenvalue weighted by atomic mass is 79.9. The molecule has 1 N–H and O–H groups in total. The van der Waals surface area contributed by atoms with Crippen molar-refractivity contribution in [2.45, 2.75) is 26.3 Å². The molecule has 0 aliphatic heterocycles. The van der Waals surface area contributed by atoms with E-state index in [1.165, 1.54) is 11.6 Å². The predicted molar refractivity (Wildman–Crippen MR) is 70.6 cm³/mol. The molecule has 0 aliphatic carbocycles. The van der Waals surface area contributed by atoms with Crippen LogP contribution in [-0.2, 0) is 13.0 Å². The van der Waals surface area contributed by atoms with Crippen molar-refractivity contribution in [3.63, 3.8) is 0 Å². The highest BCUT2D eigenvalue weighted by molar-refractivity contribution is 9.10. The Balaban J connectivity index is 2.62. The number of rotatable bonds is 4. The molecule has 92 valence electrons. The number of aryl methyl sites for hydroxylation is 1. The zero-order valence-corrected chi connectivity index (χ0v) is 11.5. The molecule has 0 spiro atoms. The number of furan rings is 1. The fourth-order valence-electron chi connectivity index (χ4n) is 2.02. The Bertz CT molecular complexity index is 536. The molecule has 0 atom stereocenters. The highest BCUT2D eigenvalue weighted by Crippen LogP contribution is 2.31. The molecular formula is C13H15BrFNO. The third-order valence-corrected chi connectivity index (χ3v) is 3.36. The van der Waals surface area contributed by atoms with Crippen LogP contribution in [0.1, 0.15) is 24.7 Å². The van der Waals surface area contributed by atoms with Crippen molar-refractivity contribution in [1.29, 1.82) is 0 Å². The van der Waals surface area contributed by atoms with Crippen LogP contribution < -0.4 is 5.32 Å². The Labute approximate surface area is 108 Å². The minimum absolute atomic E-state index is 0.287. The fourth-order valence-corrected chi connectivity index (χ4v) is 2.36. The van der Waals surface area contributed by atoms with Crippen LogP contribution in [0, 0.1) is 5.82 Å².